The molecule has 1 rings (SSSR count). The van der Waals surface area contributed by atoms with Crippen molar-refractivity contribution in [2.75, 3.05) is 13.7 Å². The minimum absolute atomic E-state index is 0.0133. The van der Waals surface area contributed by atoms with Gasteiger partial charge < -0.3 is 18.6 Å². The molecule has 0 aliphatic carbocycles. The highest BCUT2D eigenvalue weighted by Crippen LogP contribution is 2.37. The Morgan fingerprint density at radius 1 is 1.17 bits per heavy atom. The highest BCUT2D eigenvalue weighted by molar-refractivity contribution is 6.74. The molecule has 1 aromatic rings. The van der Waals surface area contributed by atoms with E-state index in [1.807, 2.05) is 31.2 Å². The first-order chi connectivity index (χ1) is 13.4. The molecule has 0 aliphatic heterocycles. The number of ether oxygens (including phenoxy) is 3. The van der Waals surface area contributed by atoms with Gasteiger partial charge in [-0.25, -0.2) is 4.79 Å². The van der Waals surface area contributed by atoms with Crippen LogP contribution in [0, 0.1) is 5.92 Å². The fourth-order valence-electron chi connectivity index (χ4n) is 2.29. The smallest absolute Gasteiger partial charge is 0.335 e. The van der Waals surface area contributed by atoms with Crippen molar-refractivity contribution in [3.63, 3.8) is 0 Å². The molecular formula is C23H38O5Si. The molecular weight excluding hydrogens is 384 g/mol. The van der Waals surface area contributed by atoms with E-state index in [0.29, 0.717) is 13.2 Å². The lowest BCUT2D eigenvalue weighted by Gasteiger charge is -2.37. The minimum atomic E-state index is -1.85. The molecule has 0 radical (unpaired) electrons. The number of methoxy groups -OCH3 is 1. The van der Waals surface area contributed by atoms with E-state index in [1.165, 1.54) is 0 Å². The van der Waals surface area contributed by atoms with Gasteiger partial charge in [0.2, 0.25) is 0 Å². The van der Waals surface area contributed by atoms with Crippen LogP contribution >= 0.6 is 0 Å². The molecule has 0 spiro atoms. The largest absolute Gasteiger partial charge is 0.497 e. The summed E-state index contributed by atoms with van der Waals surface area (Å²) in [5.41, 5.74) is 0.960. The lowest BCUT2D eigenvalue weighted by Crippen LogP contribution is -2.43. The van der Waals surface area contributed by atoms with E-state index in [0.717, 1.165) is 11.3 Å². The second-order valence-electron chi connectivity index (χ2n) is 8.99. The Morgan fingerprint density at radius 2 is 1.76 bits per heavy atom. The zero-order valence-corrected chi connectivity index (χ0v) is 20.3. The van der Waals surface area contributed by atoms with Crippen molar-refractivity contribution in [3.8, 4) is 5.75 Å². The fraction of sp³-hybridized carbons (Fsp3) is 0.609. The highest BCUT2D eigenvalue weighted by atomic mass is 28.4. The Morgan fingerprint density at radius 3 is 2.24 bits per heavy atom. The second kappa shape index (κ2) is 10.9. The molecule has 164 valence electrons. The summed E-state index contributed by atoms with van der Waals surface area (Å²) in [5.74, 6) is 0.394. The maximum Gasteiger partial charge on any atom is 0.335 e. The van der Waals surface area contributed by atoms with Crippen LogP contribution in [-0.2, 0) is 25.3 Å². The first kappa shape index (κ1) is 25.4. The quantitative estimate of drug-likeness (QED) is 0.273. The number of rotatable bonds is 11. The molecule has 1 unspecified atom stereocenters. The molecule has 0 bridgehead atoms. The van der Waals surface area contributed by atoms with Crippen LogP contribution in [0.3, 0.4) is 0 Å². The van der Waals surface area contributed by atoms with Crippen LogP contribution in [0.2, 0.25) is 18.1 Å². The van der Waals surface area contributed by atoms with Crippen molar-refractivity contribution < 1.29 is 23.4 Å². The highest BCUT2D eigenvalue weighted by Gasteiger charge is 2.38. The predicted molar refractivity (Wildman–Crippen MR) is 120 cm³/mol. The number of esters is 1. The fourth-order valence-corrected chi connectivity index (χ4v) is 3.40. The summed E-state index contributed by atoms with van der Waals surface area (Å²) in [6, 6.07) is 7.53. The maximum absolute atomic E-state index is 12.5. The topological polar surface area (TPSA) is 54.0 Å². The molecule has 1 aromatic carbocycles. The SMILES string of the molecule is C=C[C@H](OC(=O)C(C)OCc1ccc(OC)cc1)[C@@H](C)CO[Si](C)(C)C(C)(C)C. The van der Waals surface area contributed by atoms with Gasteiger partial charge in [-0.3, -0.25) is 0 Å². The lowest BCUT2D eigenvalue weighted by atomic mass is 10.1. The number of hydrogen-bond acceptors (Lipinski definition) is 5. The molecule has 0 aliphatic rings. The standard InChI is InChI=1S/C23H38O5Si/c1-10-21(17(2)15-27-29(8,9)23(4,5)6)28-22(24)18(3)26-16-19-11-13-20(25-7)14-12-19/h10-14,17-18,21H,1,15-16H2,2-9H3/t17-,18?,21-/m0/s1. The van der Waals surface area contributed by atoms with Gasteiger partial charge in [-0.05, 0) is 42.8 Å². The Hall–Kier alpha value is -1.63. The van der Waals surface area contributed by atoms with Gasteiger partial charge >= 0.3 is 5.97 Å². The van der Waals surface area contributed by atoms with Crippen molar-refractivity contribution in [2.24, 2.45) is 5.92 Å². The molecule has 29 heavy (non-hydrogen) atoms. The lowest BCUT2D eigenvalue weighted by molar-refractivity contribution is -0.162. The number of hydrogen-bond donors (Lipinski definition) is 0. The van der Waals surface area contributed by atoms with Crippen molar-refractivity contribution in [1.82, 2.24) is 0 Å². The molecule has 0 saturated carbocycles. The Bertz CT molecular complexity index is 648. The van der Waals surface area contributed by atoms with E-state index in [4.69, 9.17) is 18.6 Å². The summed E-state index contributed by atoms with van der Waals surface area (Å²) in [4.78, 5) is 12.5. The number of carbonyl (C=O) groups excluding carboxylic acids is 1. The molecule has 5 nitrogen and oxygen atoms in total. The Balaban J connectivity index is 2.54. The van der Waals surface area contributed by atoms with E-state index in [-0.39, 0.29) is 11.0 Å². The van der Waals surface area contributed by atoms with Crippen molar-refractivity contribution in [3.05, 3.63) is 42.5 Å². The van der Waals surface area contributed by atoms with Crippen molar-refractivity contribution in [2.45, 2.75) is 71.6 Å². The molecule has 0 N–H and O–H groups in total. The maximum atomic E-state index is 12.5. The third-order valence-corrected chi connectivity index (χ3v) is 10.1. The van der Waals surface area contributed by atoms with Gasteiger partial charge in [0, 0.05) is 12.5 Å². The molecule has 0 aromatic heterocycles. The van der Waals surface area contributed by atoms with Gasteiger partial charge in [0.1, 0.15) is 11.9 Å². The van der Waals surface area contributed by atoms with E-state index in [9.17, 15) is 4.79 Å². The second-order valence-corrected chi connectivity index (χ2v) is 13.8. The summed E-state index contributed by atoms with van der Waals surface area (Å²) < 4.78 is 22.7. The average molecular weight is 423 g/mol. The van der Waals surface area contributed by atoms with Gasteiger partial charge in [0.25, 0.3) is 0 Å². The van der Waals surface area contributed by atoms with E-state index in [1.54, 1.807) is 20.1 Å². The van der Waals surface area contributed by atoms with E-state index in [2.05, 4.69) is 40.4 Å². The van der Waals surface area contributed by atoms with Crippen LogP contribution in [0.15, 0.2) is 36.9 Å². The molecule has 0 heterocycles. The third kappa shape index (κ3) is 7.95. The average Bonchev–Trinajstić information content (AvgIpc) is 2.67. The summed E-state index contributed by atoms with van der Waals surface area (Å²) in [6.45, 7) is 19.4. The summed E-state index contributed by atoms with van der Waals surface area (Å²) in [7, 11) is -0.231. The Labute approximate surface area is 177 Å². The van der Waals surface area contributed by atoms with Crippen LogP contribution in [-0.4, -0.2) is 40.2 Å². The van der Waals surface area contributed by atoms with Gasteiger partial charge in [0.15, 0.2) is 14.4 Å². The number of carbonyl (C=O) groups is 1. The van der Waals surface area contributed by atoms with Crippen LogP contribution in [0.1, 0.15) is 40.2 Å². The first-order valence-electron chi connectivity index (χ1n) is 10.1. The van der Waals surface area contributed by atoms with E-state index < -0.39 is 26.5 Å². The van der Waals surface area contributed by atoms with Gasteiger partial charge in [0.05, 0.1) is 13.7 Å². The van der Waals surface area contributed by atoms with Gasteiger partial charge in [-0.1, -0.05) is 52.5 Å². The third-order valence-electron chi connectivity index (χ3n) is 5.55. The summed E-state index contributed by atoms with van der Waals surface area (Å²) in [5, 5.41) is 0.136. The monoisotopic (exact) mass is 422 g/mol. The van der Waals surface area contributed by atoms with Crippen LogP contribution < -0.4 is 4.74 Å². The normalized spacial score (nSPS) is 15.3. The van der Waals surface area contributed by atoms with Crippen LogP contribution in [0.25, 0.3) is 0 Å². The number of benzene rings is 1. The Kier molecular flexibility index (Phi) is 9.59. The molecule has 3 atom stereocenters. The van der Waals surface area contributed by atoms with Crippen LogP contribution in [0.4, 0.5) is 0 Å². The summed E-state index contributed by atoms with van der Waals surface area (Å²) >= 11 is 0. The zero-order chi connectivity index (χ0) is 22.2. The molecule has 6 heteroatoms. The van der Waals surface area contributed by atoms with E-state index >= 15 is 0 Å². The van der Waals surface area contributed by atoms with Gasteiger partial charge in [-0.2, -0.15) is 0 Å². The zero-order valence-electron chi connectivity index (χ0n) is 19.3. The molecule has 0 amide bonds. The predicted octanol–water partition coefficient (Wildman–Crippen LogP) is 5.36. The van der Waals surface area contributed by atoms with Crippen molar-refractivity contribution in [1.29, 1.82) is 0 Å². The van der Waals surface area contributed by atoms with Gasteiger partial charge in [-0.15, -0.1) is 0 Å². The first-order valence-corrected chi connectivity index (χ1v) is 13.0. The molecule has 0 fully saturated rings. The van der Waals surface area contributed by atoms with Crippen molar-refractivity contribution >= 4 is 14.3 Å². The minimum Gasteiger partial charge on any atom is -0.497 e. The summed E-state index contributed by atoms with van der Waals surface area (Å²) in [6.07, 6.45) is 0.570. The van der Waals surface area contributed by atoms with Crippen LogP contribution in [0.5, 0.6) is 5.75 Å². The molecule has 0 saturated heterocycles.